The summed E-state index contributed by atoms with van der Waals surface area (Å²) in [4.78, 5) is 16.8. The number of rotatable bonds is 5. The third kappa shape index (κ3) is 4.10. The highest BCUT2D eigenvalue weighted by Gasteiger charge is 2.35. The second-order valence-corrected chi connectivity index (χ2v) is 7.07. The lowest BCUT2D eigenvalue weighted by molar-refractivity contribution is -0.136. The van der Waals surface area contributed by atoms with Gasteiger partial charge in [-0.25, -0.2) is 9.67 Å². The molecule has 156 valence electrons. The van der Waals surface area contributed by atoms with Crippen molar-refractivity contribution in [2.75, 3.05) is 0 Å². The van der Waals surface area contributed by atoms with E-state index >= 15 is 0 Å². The van der Waals surface area contributed by atoms with Gasteiger partial charge >= 0.3 is 6.18 Å². The minimum absolute atomic E-state index is 0.0487. The molecule has 3 rings (SSSR count). The fraction of sp³-hybridized carbons (Fsp3) is 0.474. The van der Waals surface area contributed by atoms with Crippen molar-refractivity contribution in [2.45, 2.75) is 59.9 Å². The molecule has 0 saturated carbocycles. The molecule has 1 amide bonds. The summed E-state index contributed by atoms with van der Waals surface area (Å²) in [5.41, 5.74) is 1.35. The molecule has 0 radical (unpaired) electrons. The molecule has 7 nitrogen and oxygen atoms in total. The van der Waals surface area contributed by atoms with Gasteiger partial charge in [0.2, 0.25) is 5.91 Å². The van der Waals surface area contributed by atoms with Gasteiger partial charge in [0.1, 0.15) is 6.54 Å². The third-order valence-corrected chi connectivity index (χ3v) is 4.76. The van der Waals surface area contributed by atoms with Crippen LogP contribution in [0.25, 0.3) is 11.0 Å². The first-order valence-corrected chi connectivity index (χ1v) is 9.26. The van der Waals surface area contributed by atoms with Crippen molar-refractivity contribution >= 4 is 16.9 Å². The third-order valence-electron chi connectivity index (χ3n) is 4.76. The van der Waals surface area contributed by atoms with Crippen LogP contribution in [0.3, 0.4) is 0 Å². The number of pyridine rings is 1. The number of halogens is 3. The van der Waals surface area contributed by atoms with E-state index in [2.05, 4.69) is 20.5 Å². The molecule has 0 aliphatic carbocycles. The van der Waals surface area contributed by atoms with Crippen molar-refractivity contribution in [3.63, 3.8) is 0 Å². The Labute approximate surface area is 165 Å². The smallest absolute Gasteiger partial charge is 0.348 e. The molecule has 3 aromatic heterocycles. The number of nitrogens with one attached hydrogen (secondary N) is 1. The topological polar surface area (TPSA) is 77.6 Å². The first-order valence-electron chi connectivity index (χ1n) is 9.26. The van der Waals surface area contributed by atoms with Crippen LogP contribution in [0.4, 0.5) is 13.2 Å². The number of hydrogen-bond donors (Lipinski definition) is 1. The molecule has 3 aromatic rings. The van der Waals surface area contributed by atoms with Gasteiger partial charge in [0, 0.05) is 24.0 Å². The summed E-state index contributed by atoms with van der Waals surface area (Å²) in [6.07, 6.45) is -2.66. The number of amides is 1. The average Bonchev–Trinajstić information content (AvgIpc) is 3.13. The maximum absolute atomic E-state index is 13.4. The Bertz CT molecular complexity index is 1070. The Morgan fingerprint density at radius 1 is 1.21 bits per heavy atom. The van der Waals surface area contributed by atoms with E-state index in [0.29, 0.717) is 6.54 Å². The standard InChI is InChI=1S/C19H23F3N6O/c1-6-27-8-14(12(4)25-27)11(3)24-16(29)9-28-18-17(13(5)26-28)15(19(20,21)22)7-10(2)23-18/h7-8,11H,6,9H2,1-5H3,(H,24,29). The van der Waals surface area contributed by atoms with Crippen molar-refractivity contribution in [3.05, 3.63) is 40.5 Å². The first-order chi connectivity index (χ1) is 13.5. The minimum Gasteiger partial charge on any atom is -0.348 e. The van der Waals surface area contributed by atoms with Crippen molar-refractivity contribution in [1.82, 2.24) is 29.9 Å². The lowest BCUT2D eigenvalue weighted by Gasteiger charge is -2.14. The Kier molecular flexibility index (Phi) is 5.38. The summed E-state index contributed by atoms with van der Waals surface area (Å²) in [7, 11) is 0. The van der Waals surface area contributed by atoms with E-state index in [4.69, 9.17) is 0 Å². The van der Waals surface area contributed by atoms with Crippen molar-refractivity contribution < 1.29 is 18.0 Å². The van der Waals surface area contributed by atoms with Gasteiger partial charge in [-0.1, -0.05) is 0 Å². The van der Waals surface area contributed by atoms with Gasteiger partial charge < -0.3 is 5.32 Å². The monoisotopic (exact) mass is 408 g/mol. The van der Waals surface area contributed by atoms with Crippen LogP contribution in [0.2, 0.25) is 0 Å². The second-order valence-electron chi connectivity index (χ2n) is 7.07. The number of aromatic nitrogens is 5. The molecule has 0 aliphatic rings. The number of carbonyl (C=O) groups excluding carboxylic acids is 1. The van der Waals surface area contributed by atoms with E-state index in [-0.39, 0.29) is 40.9 Å². The first kappa shape index (κ1) is 20.8. The van der Waals surface area contributed by atoms with Crippen LogP contribution in [0, 0.1) is 20.8 Å². The molecule has 0 spiro atoms. The minimum atomic E-state index is -4.53. The van der Waals surface area contributed by atoms with Crippen LogP contribution in [0.15, 0.2) is 12.3 Å². The summed E-state index contributed by atoms with van der Waals surface area (Å²) in [6.45, 7) is 9.11. The highest BCUT2D eigenvalue weighted by Crippen LogP contribution is 2.36. The van der Waals surface area contributed by atoms with Gasteiger partial charge in [-0.05, 0) is 40.7 Å². The Morgan fingerprint density at radius 3 is 2.48 bits per heavy atom. The average molecular weight is 408 g/mol. The SMILES string of the molecule is CCn1cc(C(C)NC(=O)Cn2nc(C)c3c(C(F)(F)F)cc(C)nc32)c(C)n1. The summed E-state index contributed by atoms with van der Waals surface area (Å²) < 4.78 is 43.3. The van der Waals surface area contributed by atoms with Crippen molar-refractivity contribution in [2.24, 2.45) is 0 Å². The maximum Gasteiger partial charge on any atom is 0.417 e. The predicted octanol–water partition coefficient (Wildman–Crippen LogP) is 3.47. The zero-order valence-corrected chi connectivity index (χ0v) is 16.9. The largest absolute Gasteiger partial charge is 0.417 e. The number of carbonyl (C=O) groups is 1. The molecular formula is C19H23F3N6O. The fourth-order valence-electron chi connectivity index (χ4n) is 3.43. The van der Waals surface area contributed by atoms with E-state index in [0.717, 1.165) is 17.3 Å². The van der Waals surface area contributed by atoms with Gasteiger partial charge in [0.25, 0.3) is 0 Å². The van der Waals surface area contributed by atoms with Crippen LogP contribution in [-0.4, -0.2) is 30.5 Å². The molecule has 1 unspecified atom stereocenters. The molecule has 10 heteroatoms. The van der Waals surface area contributed by atoms with Crippen LogP contribution < -0.4 is 5.32 Å². The van der Waals surface area contributed by atoms with Crippen molar-refractivity contribution in [3.8, 4) is 0 Å². The van der Waals surface area contributed by atoms with E-state index in [1.54, 1.807) is 4.68 Å². The molecule has 1 N–H and O–H groups in total. The quantitative estimate of drug-likeness (QED) is 0.701. The summed E-state index contributed by atoms with van der Waals surface area (Å²) in [5.74, 6) is -0.373. The molecular weight excluding hydrogens is 385 g/mol. The number of hydrogen-bond acceptors (Lipinski definition) is 4. The highest BCUT2D eigenvalue weighted by atomic mass is 19.4. The molecule has 3 heterocycles. The number of fused-ring (bicyclic) bond motifs is 1. The molecule has 0 aromatic carbocycles. The lowest BCUT2D eigenvalue weighted by Crippen LogP contribution is -2.30. The van der Waals surface area contributed by atoms with Gasteiger partial charge in [0.05, 0.1) is 28.4 Å². The Balaban J connectivity index is 1.87. The van der Waals surface area contributed by atoms with Gasteiger partial charge in [-0.3, -0.25) is 9.48 Å². The zero-order valence-electron chi connectivity index (χ0n) is 16.9. The molecule has 0 aliphatic heterocycles. The van der Waals surface area contributed by atoms with Crippen molar-refractivity contribution in [1.29, 1.82) is 0 Å². The Hall–Kier alpha value is -2.91. The normalized spacial score (nSPS) is 13.1. The number of alkyl halides is 3. The van der Waals surface area contributed by atoms with Crippen LogP contribution in [-0.2, 0) is 24.1 Å². The van der Waals surface area contributed by atoms with Crippen LogP contribution >= 0.6 is 0 Å². The van der Waals surface area contributed by atoms with Gasteiger partial charge in [-0.2, -0.15) is 23.4 Å². The predicted molar refractivity (Wildman–Crippen MR) is 101 cm³/mol. The Morgan fingerprint density at radius 2 is 1.90 bits per heavy atom. The fourth-order valence-corrected chi connectivity index (χ4v) is 3.43. The summed E-state index contributed by atoms with van der Waals surface area (Å²) in [6, 6.07) is 0.698. The van der Waals surface area contributed by atoms with Crippen LogP contribution in [0.5, 0.6) is 0 Å². The maximum atomic E-state index is 13.4. The lowest BCUT2D eigenvalue weighted by atomic mass is 10.1. The van der Waals surface area contributed by atoms with Gasteiger partial charge in [0.15, 0.2) is 5.65 Å². The molecule has 0 fully saturated rings. The van der Waals surface area contributed by atoms with E-state index in [1.165, 1.54) is 18.5 Å². The van der Waals surface area contributed by atoms with E-state index in [9.17, 15) is 18.0 Å². The second kappa shape index (κ2) is 7.49. The van der Waals surface area contributed by atoms with E-state index in [1.807, 2.05) is 27.0 Å². The summed E-state index contributed by atoms with van der Waals surface area (Å²) in [5, 5.41) is 11.3. The molecule has 29 heavy (non-hydrogen) atoms. The van der Waals surface area contributed by atoms with Crippen LogP contribution in [0.1, 0.15) is 48.1 Å². The number of nitrogens with zero attached hydrogens (tertiary/aromatic N) is 5. The van der Waals surface area contributed by atoms with E-state index < -0.39 is 11.7 Å². The summed E-state index contributed by atoms with van der Waals surface area (Å²) >= 11 is 0. The highest BCUT2D eigenvalue weighted by molar-refractivity contribution is 5.85. The van der Waals surface area contributed by atoms with Gasteiger partial charge in [-0.15, -0.1) is 0 Å². The molecule has 0 bridgehead atoms. The molecule has 1 atom stereocenters. The number of aryl methyl sites for hydroxylation is 4. The zero-order chi connectivity index (χ0) is 21.5. The molecule has 0 saturated heterocycles.